The number of ether oxygens (including phenoxy) is 1. The van der Waals surface area contributed by atoms with E-state index in [-0.39, 0.29) is 16.9 Å². The van der Waals surface area contributed by atoms with Crippen LogP contribution in [0.2, 0.25) is 0 Å². The third-order valence-corrected chi connectivity index (χ3v) is 3.43. The molecule has 2 rings (SSSR count). The van der Waals surface area contributed by atoms with Gasteiger partial charge in [0, 0.05) is 11.6 Å². The summed E-state index contributed by atoms with van der Waals surface area (Å²) >= 11 is 0. The van der Waals surface area contributed by atoms with E-state index in [1.807, 2.05) is 0 Å². The molecule has 0 aromatic heterocycles. The van der Waals surface area contributed by atoms with Gasteiger partial charge in [-0.1, -0.05) is 18.2 Å². The van der Waals surface area contributed by atoms with Gasteiger partial charge in [0.2, 0.25) is 0 Å². The summed E-state index contributed by atoms with van der Waals surface area (Å²) in [6, 6.07) is 9.42. The smallest absolute Gasteiger partial charge is 0.339 e. The summed E-state index contributed by atoms with van der Waals surface area (Å²) in [5, 5.41) is 13.2. The maximum absolute atomic E-state index is 13.5. The Morgan fingerprint density at radius 3 is 2.56 bits per heavy atom. The molecule has 0 bridgehead atoms. The molecule has 0 aliphatic rings. The summed E-state index contributed by atoms with van der Waals surface area (Å²) in [5.41, 5.74) is 0.0778. The molecule has 1 amide bonds. The molecule has 0 aliphatic heterocycles. The molecule has 0 aliphatic carbocycles. The van der Waals surface area contributed by atoms with Gasteiger partial charge in [-0.15, -0.1) is 0 Å². The summed E-state index contributed by atoms with van der Waals surface area (Å²) < 4.78 is 18.5. The molecular formula is C17H15FN2O5. The standard InChI is InChI=1S/C17H15FN2O5/c1-10-7-8-12(9-15(10)20(23)24)17(22)25-11(2)16(21)19-14-6-4-3-5-13(14)18/h3-9,11H,1-2H3,(H,19,21). The summed E-state index contributed by atoms with van der Waals surface area (Å²) in [7, 11) is 0. The van der Waals surface area contributed by atoms with Crippen LogP contribution >= 0.6 is 0 Å². The highest BCUT2D eigenvalue weighted by molar-refractivity contribution is 5.97. The molecule has 0 heterocycles. The highest BCUT2D eigenvalue weighted by atomic mass is 19.1. The van der Waals surface area contributed by atoms with E-state index in [1.165, 1.54) is 44.2 Å². The van der Waals surface area contributed by atoms with E-state index in [0.29, 0.717) is 5.56 Å². The molecule has 0 saturated carbocycles. The Kier molecular flexibility index (Phi) is 5.43. The molecular weight excluding hydrogens is 331 g/mol. The van der Waals surface area contributed by atoms with E-state index < -0.39 is 28.7 Å². The Balaban J connectivity index is 2.07. The van der Waals surface area contributed by atoms with Crippen LogP contribution in [0.3, 0.4) is 0 Å². The number of benzene rings is 2. The third-order valence-electron chi connectivity index (χ3n) is 3.43. The van der Waals surface area contributed by atoms with Crippen molar-refractivity contribution in [1.82, 2.24) is 0 Å². The lowest BCUT2D eigenvalue weighted by Gasteiger charge is -2.14. The van der Waals surface area contributed by atoms with Gasteiger partial charge in [-0.25, -0.2) is 9.18 Å². The zero-order chi connectivity index (χ0) is 18.6. The van der Waals surface area contributed by atoms with Gasteiger partial charge in [0.05, 0.1) is 16.2 Å². The number of nitrogens with one attached hydrogen (secondary N) is 1. The van der Waals surface area contributed by atoms with E-state index in [0.717, 1.165) is 6.07 Å². The zero-order valence-electron chi connectivity index (χ0n) is 13.5. The molecule has 1 atom stereocenters. The van der Waals surface area contributed by atoms with Crippen molar-refractivity contribution >= 4 is 23.3 Å². The van der Waals surface area contributed by atoms with Crippen LogP contribution < -0.4 is 5.32 Å². The minimum absolute atomic E-state index is 0.0404. The van der Waals surface area contributed by atoms with Crippen LogP contribution in [0.25, 0.3) is 0 Å². The van der Waals surface area contributed by atoms with E-state index in [4.69, 9.17) is 4.74 Å². The van der Waals surface area contributed by atoms with Gasteiger partial charge in [-0.2, -0.15) is 0 Å². The number of nitro groups is 1. The molecule has 1 unspecified atom stereocenters. The molecule has 1 N–H and O–H groups in total. The lowest BCUT2D eigenvalue weighted by atomic mass is 10.1. The van der Waals surface area contributed by atoms with Crippen LogP contribution in [-0.2, 0) is 9.53 Å². The monoisotopic (exact) mass is 346 g/mol. The summed E-state index contributed by atoms with van der Waals surface area (Å²) in [6.07, 6.45) is -1.22. The Hall–Kier alpha value is -3.29. The van der Waals surface area contributed by atoms with Gasteiger partial charge in [-0.3, -0.25) is 14.9 Å². The van der Waals surface area contributed by atoms with Gasteiger partial charge >= 0.3 is 5.97 Å². The van der Waals surface area contributed by atoms with E-state index in [9.17, 15) is 24.1 Å². The lowest BCUT2D eigenvalue weighted by Crippen LogP contribution is -2.30. The molecule has 0 fully saturated rings. The van der Waals surface area contributed by atoms with Gasteiger partial charge in [0.15, 0.2) is 6.10 Å². The number of aryl methyl sites for hydroxylation is 1. The van der Waals surface area contributed by atoms with Crippen molar-refractivity contribution in [3.8, 4) is 0 Å². The zero-order valence-corrected chi connectivity index (χ0v) is 13.5. The molecule has 130 valence electrons. The van der Waals surface area contributed by atoms with Gasteiger partial charge in [0.25, 0.3) is 11.6 Å². The van der Waals surface area contributed by atoms with Gasteiger partial charge < -0.3 is 10.1 Å². The highest BCUT2D eigenvalue weighted by Crippen LogP contribution is 2.20. The minimum atomic E-state index is -1.22. The number of rotatable bonds is 5. The van der Waals surface area contributed by atoms with E-state index in [2.05, 4.69) is 5.32 Å². The van der Waals surface area contributed by atoms with Crippen LogP contribution in [0.4, 0.5) is 15.8 Å². The number of nitro benzene ring substituents is 1. The molecule has 7 nitrogen and oxygen atoms in total. The van der Waals surface area contributed by atoms with Crippen LogP contribution in [0.15, 0.2) is 42.5 Å². The molecule has 25 heavy (non-hydrogen) atoms. The van der Waals surface area contributed by atoms with Gasteiger partial charge in [-0.05, 0) is 32.0 Å². The fraction of sp³-hybridized carbons (Fsp3) is 0.176. The Labute approximate surface area is 142 Å². The minimum Gasteiger partial charge on any atom is -0.449 e. The molecule has 0 radical (unpaired) electrons. The van der Waals surface area contributed by atoms with Crippen molar-refractivity contribution in [2.24, 2.45) is 0 Å². The van der Waals surface area contributed by atoms with Crippen molar-refractivity contribution in [3.63, 3.8) is 0 Å². The number of carbonyl (C=O) groups is 2. The average molecular weight is 346 g/mol. The topological polar surface area (TPSA) is 98.5 Å². The first kappa shape index (κ1) is 18.1. The van der Waals surface area contributed by atoms with Gasteiger partial charge in [0.1, 0.15) is 5.82 Å². The Morgan fingerprint density at radius 1 is 1.24 bits per heavy atom. The quantitative estimate of drug-likeness (QED) is 0.509. The third kappa shape index (κ3) is 4.37. The number of hydrogen-bond acceptors (Lipinski definition) is 5. The SMILES string of the molecule is Cc1ccc(C(=O)OC(C)C(=O)Nc2ccccc2F)cc1[N+](=O)[O-]. The summed E-state index contributed by atoms with van der Waals surface area (Å²) in [5.74, 6) is -2.23. The Bertz CT molecular complexity index is 838. The number of amides is 1. The Morgan fingerprint density at radius 2 is 1.92 bits per heavy atom. The largest absolute Gasteiger partial charge is 0.449 e. The summed E-state index contributed by atoms with van der Waals surface area (Å²) in [6.45, 7) is 2.86. The van der Waals surface area contributed by atoms with Crippen LogP contribution in [0, 0.1) is 22.9 Å². The fourth-order valence-electron chi connectivity index (χ4n) is 2.01. The van der Waals surface area contributed by atoms with E-state index >= 15 is 0 Å². The highest BCUT2D eigenvalue weighted by Gasteiger charge is 2.22. The number of esters is 1. The number of halogens is 1. The molecule has 8 heteroatoms. The lowest BCUT2D eigenvalue weighted by molar-refractivity contribution is -0.385. The second kappa shape index (κ2) is 7.52. The first-order valence-corrected chi connectivity index (χ1v) is 7.31. The summed E-state index contributed by atoms with van der Waals surface area (Å²) in [4.78, 5) is 34.4. The number of anilines is 1. The second-order valence-electron chi connectivity index (χ2n) is 5.28. The van der Waals surface area contributed by atoms with Crippen LogP contribution in [0.1, 0.15) is 22.8 Å². The maximum Gasteiger partial charge on any atom is 0.339 e. The molecule has 2 aromatic carbocycles. The van der Waals surface area contributed by atoms with Crippen LogP contribution in [0.5, 0.6) is 0 Å². The first-order chi connectivity index (χ1) is 11.8. The predicted molar refractivity (Wildman–Crippen MR) is 87.7 cm³/mol. The first-order valence-electron chi connectivity index (χ1n) is 7.31. The van der Waals surface area contributed by atoms with Crippen molar-refractivity contribution in [1.29, 1.82) is 0 Å². The fourth-order valence-corrected chi connectivity index (χ4v) is 2.01. The number of carbonyl (C=O) groups excluding carboxylic acids is 2. The average Bonchev–Trinajstić information content (AvgIpc) is 2.56. The van der Waals surface area contributed by atoms with Crippen molar-refractivity contribution in [2.45, 2.75) is 20.0 Å². The number of nitrogens with zero attached hydrogens (tertiary/aromatic N) is 1. The maximum atomic E-state index is 13.5. The van der Waals surface area contributed by atoms with Crippen LogP contribution in [-0.4, -0.2) is 22.9 Å². The number of para-hydroxylation sites is 1. The predicted octanol–water partition coefficient (Wildman–Crippen LogP) is 3.23. The normalized spacial score (nSPS) is 11.5. The molecule has 0 saturated heterocycles. The van der Waals surface area contributed by atoms with E-state index in [1.54, 1.807) is 6.07 Å². The van der Waals surface area contributed by atoms with Crippen molar-refractivity contribution in [2.75, 3.05) is 5.32 Å². The van der Waals surface area contributed by atoms with Crippen molar-refractivity contribution in [3.05, 3.63) is 69.5 Å². The molecule has 2 aromatic rings. The van der Waals surface area contributed by atoms with Crippen molar-refractivity contribution < 1.29 is 23.6 Å². The second-order valence-corrected chi connectivity index (χ2v) is 5.28. The molecule has 0 spiro atoms. The number of hydrogen-bond donors (Lipinski definition) is 1.